The predicted octanol–water partition coefficient (Wildman–Crippen LogP) is 2.15. The number of nitrogens with zero attached hydrogens (tertiary/aromatic N) is 4. The summed E-state index contributed by atoms with van der Waals surface area (Å²) in [6.45, 7) is 6.42. The number of carbonyl (C=O) groups is 1. The summed E-state index contributed by atoms with van der Waals surface area (Å²) in [5.74, 6) is -0.507. The van der Waals surface area contributed by atoms with Crippen molar-refractivity contribution in [1.29, 1.82) is 0 Å². The van der Waals surface area contributed by atoms with Gasteiger partial charge in [0, 0.05) is 47.6 Å². The van der Waals surface area contributed by atoms with Crippen LogP contribution in [0.1, 0.15) is 44.0 Å². The molecule has 1 aliphatic rings. The first-order valence-electron chi connectivity index (χ1n) is 9.46. The molecular weight excluding hydrogens is 354 g/mol. The van der Waals surface area contributed by atoms with Crippen LogP contribution in [0.3, 0.4) is 0 Å². The molecule has 4 rings (SSSR count). The highest BCUT2D eigenvalue weighted by Gasteiger charge is 2.49. The zero-order valence-electron chi connectivity index (χ0n) is 16.7. The Kier molecular flexibility index (Phi) is 4.01. The minimum atomic E-state index is -0.507. The number of hydrogen-bond donors (Lipinski definition) is 3. The molecule has 0 spiro atoms. The first-order valence-corrected chi connectivity index (χ1v) is 9.46. The van der Waals surface area contributed by atoms with Crippen LogP contribution < -0.4 is 16.8 Å². The molecule has 1 amide bonds. The van der Waals surface area contributed by atoms with Gasteiger partial charge in [-0.25, -0.2) is 4.52 Å². The van der Waals surface area contributed by atoms with Crippen molar-refractivity contribution < 1.29 is 4.79 Å². The minimum absolute atomic E-state index is 0.114. The van der Waals surface area contributed by atoms with Crippen molar-refractivity contribution in [2.24, 2.45) is 23.9 Å². The molecule has 8 heteroatoms. The number of primary amides is 1. The highest BCUT2D eigenvalue weighted by Crippen LogP contribution is 2.46. The van der Waals surface area contributed by atoms with Crippen molar-refractivity contribution in [3.8, 4) is 11.1 Å². The molecule has 8 nitrogen and oxygen atoms in total. The first-order chi connectivity index (χ1) is 13.1. The van der Waals surface area contributed by atoms with Gasteiger partial charge in [0.2, 0.25) is 0 Å². The third kappa shape index (κ3) is 2.75. The molecule has 3 heterocycles. The van der Waals surface area contributed by atoms with Crippen molar-refractivity contribution >= 4 is 17.1 Å². The van der Waals surface area contributed by atoms with Crippen LogP contribution in [0.2, 0.25) is 0 Å². The predicted molar refractivity (Wildman–Crippen MR) is 109 cm³/mol. The molecule has 5 N–H and O–H groups in total. The molecule has 0 unspecified atom stereocenters. The molecule has 0 aliphatic heterocycles. The average Bonchev–Trinajstić information content (AvgIpc) is 3.27. The van der Waals surface area contributed by atoms with Crippen LogP contribution in [0.4, 0.5) is 5.69 Å². The van der Waals surface area contributed by atoms with E-state index >= 15 is 0 Å². The van der Waals surface area contributed by atoms with Crippen LogP contribution in [0.5, 0.6) is 0 Å². The average molecular weight is 381 g/mol. The molecule has 0 aromatic carbocycles. The Morgan fingerprint density at radius 2 is 1.96 bits per heavy atom. The number of aryl methyl sites for hydroxylation is 1. The van der Waals surface area contributed by atoms with Gasteiger partial charge in [-0.05, 0) is 25.8 Å². The normalized spacial score (nSPS) is 24.0. The zero-order chi connectivity index (χ0) is 20.3. The van der Waals surface area contributed by atoms with Crippen LogP contribution >= 0.6 is 0 Å². The Bertz CT molecular complexity index is 1060. The van der Waals surface area contributed by atoms with Gasteiger partial charge in [-0.3, -0.25) is 9.48 Å². The molecule has 0 saturated heterocycles. The van der Waals surface area contributed by atoms with Crippen molar-refractivity contribution in [1.82, 2.24) is 19.4 Å². The summed E-state index contributed by atoms with van der Waals surface area (Å²) >= 11 is 0. The Morgan fingerprint density at radius 1 is 1.21 bits per heavy atom. The number of fused-ring (bicyclic) bond motifs is 1. The third-order valence-corrected chi connectivity index (χ3v) is 6.55. The topological polar surface area (TPSA) is 116 Å². The summed E-state index contributed by atoms with van der Waals surface area (Å²) in [5, 5.41) is 12.2. The summed E-state index contributed by atoms with van der Waals surface area (Å²) in [4.78, 5) is 12.1. The molecule has 3 aromatic rings. The number of rotatable bonds is 4. The van der Waals surface area contributed by atoms with E-state index in [9.17, 15) is 4.79 Å². The fourth-order valence-electron chi connectivity index (χ4n) is 4.08. The number of amides is 1. The fraction of sp³-hybridized carbons (Fsp3) is 0.450. The highest BCUT2D eigenvalue weighted by molar-refractivity contribution is 6.02. The summed E-state index contributed by atoms with van der Waals surface area (Å²) in [7, 11) is 1.88. The number of nitrogens with two attached hydrogens (primary N) is 2. The summed E-state index contributed by atoms with van der Waals surface area (Å²) < 4.78 is 3.52. The molecule has 3 aromatic heterocycles. The Morgan fingerprint density at radius 3 is 2.54 bits per heavy atom. The monoisotopic (exact) mass is 381 g/mol. The first kappa shape index (κ1) is 18.5. The largest absolute Gasteiger partial charge is 0.379 e. The third-order valence-electron chi connectivity index (χ3n) is 6.55. The maximum absolute atomic E-state index is 12.1. The van der Waals surface area contributed by atoms with Gasteiger partial charge >= 0.3 is 0 Å². The lowest BCUT2D eigenvalue weighted by molar-refractivity contribution is 0.100. The van der Waals surface area contributed by atoms with Gasteiger partial charge in [-0.2, -0.15) is 10.2 Å². The summed E-state index contributed by atoms with van der Waals surface area (Å²) in [5.41, 5.74) is 15.6. The second-order valence-corrected chi connectivity index (χ2v) is 8.63. The van der Waals surface area contributed by atoms with E-state index in [-0.39, 0.29) is 17.0 Å². The van der Waals surface area contributed by atoms with Gasteiger partial charge in [0.15, 0.2) is 0 Å². The van der Waals surface area contributed by atoms with E-state index in [1.165, 1.54) is 6.20 Å². The second-order valence-electron chi connectivity index (χ2n) is 8.63. The van der Waals surface area contributed by atoms with Crippen molar-refractivity contribution in [3.63, 3.8) is 0 Å². The van der Waals surface area contributed by atoms with Crippen molar-refractivity contribution in [3.05, 3.63) is 36.4 Å². The van der Waals surface area contributed by atoms with E-state index in [0.29, 0.717) is 11.3 Å². The SMILES string of the molecule is Cn1cc(-c2cc3c(N[C@@H]4CC[C@](C)(N)C4(C)C)c(C(N)=O)cnn3c2)cn1. The molecule has 1 fully saturated rings. The Hall–Kier alpha value is -2.87. The molecular formula is C20H27N7O. The van der Waals surface area contributed by atoms with Crippen LogP contribution in [0, 0.1) is 5.41 Å². The second kappa shape index (κ2) is 6.07. The number of aromatic nitrogens is 4. The quantitative estimate of drug-likeness (QED) is 0.640. The lowest BCUT2D eigenvalue weighted by atomic mass is 9.75. The molecule has 0 bridgehead atoms. The van der Waals surface area contributed by atoms with Gasteiger partial charge in [0.25, 0.3) is 5.91 Å². The van der Waals surface area contributed by atoms with E-state index in [0.717, 1.165) is 29.5 Å². The maximum atomic E-state index is 12.1. The minimum Gasteiger partial charge on any atom is -0.379 e. The number of hydrogen-bond acceptors (Lipinski definition) is 5. The standard InChI is InChI=1S/C20H27N7O/c1-19(2)16(5-6-20(19,3)22)25-17-14(18(21)28)9-24-27-11-12(7-15(17)27)13-8-23-26(4)10-13/h7-11,16,25H,5-6,22H2,1-4H3,(H2,21,28)/t16-,20+/m1/s1. The molecule has 1 aliphatic carbocycles. The molecule has 2 atom stereocenters. The molecule has 28 heavy (non-hydrogen) atoms. The van der Waals surface area contributed by atoms with Crippen LogP contribution in [0.25, 0.3) is 16.6 Å². The van der Waals surface area contributed by atoms with E-state index in [4.69, 9.17) is 11.5 Å². The van der Waals surface area contributed by atoms with Crippen LogP contribution in [0.15, 0.2) is 30.9 Å². The van der Waals surface area contributed by atoms with Gasteiger partial charge in [0.05, 0.1) is 29.2 Å². The Labute approximate surface area is 163 Å². The van der Waals surface area contributed by atoms with Gasteiger partial charge in [0.1, 0.15) is 0 Å². The maximum Gasteiger partial charge on any atom is 0.252 e. The molecule has 0 radical (unpaired) electrons. The van der Waals surface area contributed by atoms with Crippen molar-refractivity contribution in [2.75, 3.05) is 5.32 Å². The molecule has 1 saturated carbocycles. The highest BCUT2D eigenvalue weighted by atomic mass is 16.1. The zero-order valence-corrected chi connectivity index (χ0v) is 16.7. The lowest BCUT2D eigenvalue weighted by Gasteiger charge is -2.39. The van der Waals surface area contributed by atoms with Crippen molar-refractivity contribution in [2.45, 2.75) is 45.2 Å². The van der Waals surface area contributed by atoms with Crippen LogP contribution in [-0.4, -0.2) is 36.9 Å². The smallest absolute Gasteiger partial charge is 0.252 e. The number of anilines is 1. The molecule has 148 valence electrons. The van der Waals surface area contributed by atoms with E-state index in [2.05, 4.69) is 36.3 Å². The fourth-order valence-corrected chi connectivity index (χ4v) is 4.08. The van der Waals surface area contributed by atoms with E-state index in [1.807, 2.05) is 25.5 Å². The van der Waals surface area contributed by atoms with Gasteiger partial charge in [-0.15, -0.1) is 0 Å². The van der Waals surface area contributed by atoms with E-state index < -0.39 is 5.91 Å². The number of nitrogens with one attached hydrogen (secondary N) is 1. The van der Waals surface area contributed by atoms with Gasteiger partial charge in [-0.1, -0.05) is 13.8 Å². The number of carbonyl (C=O) groups excluding carboxylic acids is 1. The van der Waals surface area contributed by atoms with Gasteiger partial charge < -0.3 is 16.8 Å². The Balaban J connectivity index is 1.82. The van der Waals surface area contributed by atoms with E-state index in [1.54, 1.807) is 15.4 Å². The lowest BCUT2D eigenvalue weighted by Crippen LogP contribution is -2.51. The summed E-state index contributed by atoms with van der Waals surface area (Å²) in [6, 6.07) is 2.12. The van der Waals surface area contributed by atoms with Crippen LogP contribution in [-0.2, 0) is 7.05 Å². The summed E-state index contributed by atoms with van der Waals surface area (Å²) in [6.07, 6.45) is 9.02.